The molecular weight excluding hydrogens is 338 g/mol. The SMILES string of the molecule is CC/C=C(\C)C(NCC(=O)NO)C(=O)NC1CCCCC1C(=O)OCC. The molecule has 8 nitrogen and oxygen atoms in total. The quantitative estimate of drug-likeness (QED) is 0.209. The van der Waals surface area contributed by atoms with Crippen LogP contribution in [-0.2, 0) is 19.1 Å². The van der Waals surface area contributed by atoms with E-state index in [9.17, 15) is 14.4 Å². The number of nitrogens with one attached hydrogen (secondary N) is 3. The molecule has 0 aromatic carbocycles. The molecule has 2 amide bonds. The molecule has 0 aromatic heterocycles. The summed E-state index contributed by atoms with van der Waals surface area (Å²) in [6.45, 7) is 5.64. The highest BCUT2D eigenvalue weighted by molar-refractivity contribution is 5.87. The van der Waals surface area contributed by atoms with E-state index in [0.717, 1.165) is 31.3 Å². The van der Waals surface area contributed by atoms with Crippen LogP contribution in [0.2, 0.25) is 0 Å². The molecule has 0 bridgehead atoms. The maximum Gasteiger partial charge on any atom is 0.311 e. The van der Waals surface area contributed by atoms with E-state index in [2.05, 4.69) is 10.6 Å². The van der Waals surface area contributed by atoms with Gasteiger partial charge < -0.3 is 10.1 Å². The van der Waals surface area contributed by atoms with Crippen LogP contribution in [0.5, 0.6) is 0 Å². The van der Waals surface area contributed by atoms with Crippen LogP contribution in [0.1, 0.15) is 52.9 Å². The molecule has 1 saturated carbocycles. The third kappa shape index (κ3) is 6.76. The van der Waals surface area contributed by atoms with Crippen LogP contribution in [0.4, 0.5) is 0 Å². The molecule has 0 radical (unpaired) electrons. The third-order valence-electron chi connectivity index (χ3n) is 4.52. The number of allylic oxidation sites excluding steroid dienone is 1. The summed E-state index contributed by atoms with van der Waals surface area (Å²) in [5, 5.41) is 14.4. The van der Waals surface area contributed by atoms with Gasteiger partial charge in [0.25, 0.3) is 5.91 Å². The third-order valence-corrected chi connectivity index (χ3v) is 4.52. The minimum absolute atomic E-state index is 0.199. The Morgan fingerprint density at radius 2 is 1.92 bits per heavy atom. The lowest BCUT2D eigenvalue weighted by Crippen LogP contribution is -2.53. The number of ether oxygens (including phenoxy) is 1. The van der Waals surface area contributed by atoms with Crippen molar-refractivity contribution in [1.82, 2.24) is 16.1 Å². The van der Waals surface area contributed by atoms with E-state index in [1.165, 1.54) is 5.48 Å². The highest BCUT2D eigenvalue weighted by atomic mass is 16.5. The van der Waals surface area contributed by atoms with Crippen molar-refractivity contribution in [3.63, 3.8) is 0 Å². The predicted molar refractivity (Wildman–Crippen MR) is 96.3 cm³/mol. The molecule has 0 spiro atoms. The Morgan fingerprint density at radius 1 is 1.23 bits per heavy atom. The van der Waals surface area contributed by atoms with Gasteiger partial charge >= 0.3 is 5.97 Å². The number of hydrogen-bond donors (Lipinski definition) is 4. The summed E-state index contributed by atoms with van der Waals surface area (Å²) >= 11 is 0. The zero-order chi connectivity index (χ0) is 19.5. The summed E-state index contributed by atoms with van der Waals surface area (Å²) < 4.78 is 5.14. The maximum absolute atomic E-state index is 12.8. The molecule has 0 aliphatic heterocycles. The van der Waals surface area contributed by atoms with Crippen LogP contribution in [0.15, 0.2) is 11.6 Å². The lowest BCUT2D eigenvalue weighted by atomic mass is 9.84. The molecule has 0 heterocycles. The van der Waals surface area contributed by atoms with Crippen molar-refractivity contribution in [3.8, 4) is 0 Å². The van der Waals surface area contributed by atoms with E-state index in [0.29, 0.717) is 13.0 Å². The van der Waals surface area contributed by atoms with Gasteiger partial charge in [-0.05, 0) is 33.1 Å². The van der Waals surface area contributed by atoms with Crippen molar-refractivity contribution in [2.75, 3.05) is 13.2 Å². The fourth-order valence-corrected chi connectivity index (χ4v) is 3.24. The Labute approximate surface area is 154 Å². The van der Waals surface area contributed by atoms with Crippen LogP contribution in [0.25, 0.3) is 0 Å². The summed E-state index contributed by atoms with van der Waals surface area (Å²) in [5.41, 5.74) is 2.31. The van der Waals surface area contributed by atoms with Gasteiger partial charge in [-0.1, -0.05) is 31.4 Å². The normalized spacial score (nSPS) is 21.6. The molecular formula is C18H31N3O5. The summed E-state index contributed by atoms with van der Waals surface area (Å²) in [6, 6.07) is -0.988. The molecule has 1 aliphatic carbocycles. The van der Waals surface area contributed by atoms with Crippen LogP contribution in [0, 0.1) is 5.92 Å². The van der Waals surface area contributed by atoms with E-state index < -0.39 is 11.9 Å². The average molecular weight is 369 g/mol. The van der Waals surface area contributed by atoms with Crippen molar-refractivity contribution in [3.05, 3.63) is 11.6 Å². The van der Waals surface area contributed by atoms with Gasteiger partial charge in [0.2, 0.25) is 5.91 Å². The Morgan fingerprint density at radius 3 is 2.54 bits per heavy atom. The van der Waals surface area contributed by atoms with Crippen molar-refractivity contribution in [2.45, 2.75) is 65.0 Å². The molecule has 3 atom stereocenters. The number of hydrogen-bond acceptors (Lipinski definition) is 6. The maximum atomic E-state index is 12.8. The molecule has 26 heavy (non-hydrogen) atoms. The lowest BCUT2D eigenvalue weighted by Gasteiger charge is -2.32. The fraction of sp³-hybridized carbons (Fsp3) is 0.722. The van der Waals surface area contributed by atoms with Crippen LogP contribution in [0.3, 0.4) is 0 Å². The van der Waals surface area contributed by atoms with Gasteiger partial charge in [-0.2, -0.15) is 0 Å². The van der Waals surface area contributed by atoms with E-state index in [4.69, 9.17) is 9.94 Å². The minimum Gasteiger partial charge on any atom is -0.466 e. The van der Waals surface area contributed by atoms with E-state index in [1.807, 2.05) is 13.0 Å². The standard InChI is InChI=1S/C18H31N3O5/c1-4-8-12(3)16(19-11-15(22)21-25)17(23)20-14-10-7-6-9-13(14)18(24)26-5-2/h8,13-14,16,19,25H,4-7,9-11H2,1-3H3,(H,20,23)(H,21,22)/b12-8+. The van der Waals surface area contributed by atoms with Gasteiger partial charge in [0.05, 0.1) is 19.1 Å². The monoisotopic (exact) mass is 369 g/mol. The first-order valence-electron chi connectivity index (χ1n) is 9.24. The Balaban J connectivity index is 2.83. The highest BCUT2D eigenvalue weighted by Crippen LogP contribution is 2.26. The number of carbonyl (C=O) groups excluding carboxylic acids is 3. The van der Waals surface area contributed by atoms with Gasteiger partial charge in [-0.15, -0.1) is 0 Å². The summed E-state index contributed by atoms with van der Waals surface area (Å²) in [5.74, 6) is -1.54. The summed E-state index contributed by atoms with van der Waals surface area (Å²) in [4.78, 5) is 36.2. The topological polar surface area (TPSA) is 117 Å². The van der Waals surface area contributed by atoms with Crippen molar-refractivity contribution in [2.24, 2.45) is 5.92 Å². The number of rotatable bonds is 9. The Bertz CT molecular complexity index is 521. The predicted octanol–water partition coefficient (Wildman–Crippen LogP) is 1.04. The number of amides is 2. The van der Waals surface area contributed by atoms with Gasteiger partial charge in [-0.3, -0.25) is 24.9 Å². The van der Waals surface area contributed by atoms with E-state index in [-0.39, 0.29) is 30.4 Å². The average Bonchev–Trinajstić information content (AvgIpc) is 2.62. The van der Waals surface area contributed by atoms with Crippen molar-refractivity contribution >= 4 is 17.8 Å². The minimum atomic E-state index is -0.711. The summed E-state index contributed by atoms with van der Waals surface area (Å²) in [6.07, 6.45) is 5.93. The van der Waals surface area contributed by atoms with E-state index in [1.54, 1.807) is 13.8 Å². The van der Waals surface area contributed by atoms with Crippen LogP contribution >= 0.6 is 0 Å². The molecule has 1 fully saturated rings. The van der Waals surface area contributed by atoms with Gasteiger partial charge in [0, 0.05) is 6.04 Å². The largest absolute Gasteiger partial charge is 0.466 e. The Hall–Kier alpha value is -1.93. The highest BCUT2D eigenvalue weighted by Gasteiger charge is 2.34. The molecule has 148 valence electrons. The Kier molecular flexibility index (Phi) is 9.90. The number of esters is 1. The number of carbonyl (C=O) groups is 3. The molecule has 3 unspecified atom stereocenters. The summed E-state index contributed by atoms with van der Waals surface area (Å²) in [7, 11) is 0. The lowest BCUT2D eigenvalue weighted by molar-refractivity contribution is -0.150. The second-order valence-electron chi connectivity index (χ2n) is 6.46. The molecule has 8 heteroatoms. The molecule has 0 aromatic rings. The molecule has 4 N–H and O–H groups in total. The molecule has 0 saturated heterocycles. The number of hydroxylamine groups is 1. The van der Waals surface area contributed by atoms with E-state index >= 15 is 0 Å². The van der Waals surface area contributed by atoms with Crippen LogP contribution < -0.4 is 16.1 Å². The fourth-order valence-electron chi connectivity index (χ4n) is 3.24. The smallest absolute Gasteiger partial charge is 0.311 e. The zero-order valence-corrected chi connectivity index (χ0v) is 15.8. The first-order chi connectivity index (χ1) is 12.4. The molecule has 1 rings (SSSR count). The van der Waals surface area contributed by atoms with Gasteiger partial charge in [0.1, 0.15) is 6.04 Å². The molecule has 1 aliphatic rings. The second kappa shape index (κ2) is 11.6. The van der Waals surface area contributed by atoms with Crippen molar-refractivity contribution < 1.29 is 24.3 Å². The van der Waals surface area contributed by atoms with Gasteiger partial charge in [0.15, 0.2) is 0 Å². The first-order valence-corrected chi connectivity index (χ1v) is 9.24. The first kappa shape index (κ1) is 22.1. The van der Waals surface area contributed by atoms with Crippen LogP contribution in [-0.4, -0.2) is 48.2 Å². The van der Waals surface area contributed by atoms with Gasteiger partial charge in [-0.25, -0.2) is 5.48 Å². The van der Waals surface area contributed by atoms with Crippen molar-refractivity contribution in [1.29, 1.82) is 0 Å². The zero-order valence-electron chi connectivity index (χ0n) is 15.8. The second-order valence-corrected chi connectivity index (χ2v) is 6.46.